The monoisotopic (exact) mass is 315 g/mol. The second kappa shape index (κ2) is 7.65. The Bertz CT molecular complexity index is 670. The average molecular weight is 315 g/mol. The van der Waals surface area contributed by atoms with Gasteiger partial charge < -0.3 is 20.3 Å². The first-order chi connectivity index (χ1) is 11.1. The first kappa shape index (κ1) is 16.8. The van der Waals surface area contributed by atoms with Crippen LogP contribution in [0.2, 0.25) is 0 Å². The highest BCUT2D eigenvalue weighted by molar-refractivity contribution is 5.67. The molecule has 0 aromatic heterocycles. The third-order valence-electron chi connectivity index (χ3n) is 3.75. The third kappa shape index (κ3) is 4.02. The highest BCUT2D eigenvalue weighted by atomic mass is 16.5. The van der Waals surface area contributed by atoms with E-state index >= 15 is 0 Å². The van der Waals surface area contributed by atoms with Crippen molar-refractivity contribution in [1.29, 1.82) is 0 Å². The number of nitrogens with two attached hydrogens (primary N) is 1. The van der Waals surface area contributed by atoms with Gasteiger partial charge in [0.25, 0.3) is 0 Å². The number of aryl methyl sites for hydroxylation is 1. The van der Waals surface area contributed by atoms with Crippen molar-refractivity contribution < 1.29 is 19.4 Å². The molecule has 3 N–H and O–H groups in total. The summed E-state index contributed by atoms with van der Waals surface area (Å²) in [5.41, 5.74) is 9.04. The zero-order valence-corrected chi connectivity index (χ0v) is 13.3. The quantitative estimate of drug-likeness (QED) is 0.821. The third-order valence-corrected chi connectivity index (χ3v) is 3.75. The lowest BCUT2D eigenvalue weighted by atomic mass is 9.92. The number of carbonyl (C=O) groups is 1. The molecule has 2 aromatic carbocycles. The predicted molar refractivity (Wildman–Crippen MR) is 88.0 cm³/mol. The summed E-state index contributed by atoms with van der Waals surface area (Å²) in [6.07, 6.45) is 0.412. The smallest absolute Gasteiger partial charge is 0.303 e. The van der Waals surface area contributed by atoms with Crippen LogP contribution in [-0.2, 0) is 11.2 Å². The van der Waals surface area contributed by atoms with Crippen LogP contribution < -0.4 is 15.2 Å². The molecule has 1 unspecified atom stereocenters. The van der Waals surface area contributed by atoms with Crippen molar-refractivity contribution >= 4 is 5.97 Å². The molecule has 0 amide bonds. The fourth-order valence-electron chi connectivity index (χ4n) is 2.52. The maximum Gasteiger partial charge on any atom is 0.303 e. The topological polar surface area (TPSA) is 81.8 Å². The molecular weight excluding hydrogens is 294 g/mol. The van der Waals surface area contributed by atoms with Crippen LogP contribution in [0.15, 0.2) is 42.5 Å². The highest BCUT2D eigenvalue weighted by Gasteiger charge is 2.18. The van der Waals surface area contributed by atoms with Crippen molar-refractivity contribution in [1.82, 2.24) is 0 Å². The minimum absolute atomic E-state index is 0.0317. The first-order valence-corrected chi connectivity index (χ1v) is 7.34. The molecule has 0 aliphatic rings. The molecule has 5 heteroatoms. The van der Waals surface area contributed by atoms with Crippen LogP contribution in [0.4, 0.5) is 0 Å². The summed E-state index contributed by atoms with van der Waals surface area (Å²) in [7, 11) is 3.11. The van der Waals surface area contributed by atoms with Gasteiger partial charge in [-0.15, -0.1) is 0 Å². The molecule has 2 rings (SSSR count). The van der Waals surface area contributed by atoms with E-state index in [2.05, 4.69) is 0 Å². The maximum absolute atomic E-state index is 10.9. The van der Waals surface area contributed by atoms with Gasteiger partial charge in [-0.3, -0.25) is 4.79 Å². The van der Waals surface area contributed by atoms with Crippen LogP contribution in [0.1, 0.15) is 29.2 Å². The largest absolute Gasteiger partial charge is 0.493 e. The standard InChI is InChI=1S/C18H21NO4/c1-22-15-10-13(8-9-17(20)21)14(11-16(15)23-2)18(19)12-6-4-3-5-7-12/h3-7,10-11,18H,8-9,19H2,1-2H3,(H,20,21). The van der Waals surface area contributed by atoms with Gasteiger partial charge >= 0.3 is 5.97 Å². The molecule has 0 saturated heterocycles. The van der Waals surface area contributed by atoms with Crippen LogP contribution in [-0.4, -0.2) is 25.3 Å². The van der Waals surface area contributed by atoms with E-state index in [1.807, 2.05) is 36.4 Å². The van der Waals surface area contributed by atoms with E-state index < -0.39 is 5.97 Å². The van der Waals surface area contributed by atoms with Gasteiger partial charge in [0.15, 0.2) is 11.5 Å². The molecule has 2 aromatic rings. The normalized spacial score (nSPS) is 11.8. The Labute approximate surface area is 135 Å². The first-order valence-electron chi connectivity index (χ1n) is 7.34. The van der Waals surface area contributed by atoms with Crippen LogP contribution in [0.25, 0.3) is 0 Å². The molecule has 1 atom stereocenters. The van der Waals surface area contributed by atoms with E-state index in [4.69, 9.17) is 20.3 Å². The minimum Gasteiger partial charge on any atom is -0.493 e. The fraction of sp³-hybridized carbons (Fsp3) is 0.278. The number of aliphatic carboxylic acids is 1. The molecule has 0 aliphatic heterocycles. The van der Waals surface area contributed by atoms with Crippen LogP contribution in [0.5, 0.6) is 11.5 Å². The highest BCUT2D eigenvalue weighted by Crippen LogP contribution is 2.35. The zero-order chi connectivity index (χ0) is 16.8. The van der Waals surface area contributed by atoms with Crippen LogP contribution in [0, 0.1) is 0 Å². The van der Waals surface area contributed by atoms with Gasteiger partial charge in [-0.25, -0.2) is 0 Å². The second-order valence-corrected chi connectivity index (χ2v) is 5.19. The Morgan fingerprint density at radius 1 is 1.13 bits per heavy atom. The lowest BCUT2D eigenvalue weighted by molar-refractivity contribution is -0.136. The van der Waals surface area contributed by atoms with Crippen molar-refractivity contribution in [3.05, 3.63) is 59.2 Å². The number of carboxylic acid groups (broad SMARTS) is 1. The maximum atomic E-state index is 10.9. The Hall–Kier alpha value is -2.53. The molecule has 0 aliphatic carbocycles. The number of ether oxygens (including phenoxy) is 2. The number of hydrogen-bond acceptors (Lipinski definition) is 4. The molecular formula is C18H21NO4. The number of hydrogen-bond donors (Lipinski definition) is 2. The Kier molecular flexibility index (Phi) is 5.60. The van der Waals surface area contributed by atoms with E-state index in [0.29, 0.717) is 17.9 Å². The predicted octanol–water partition coefficient (Wildman–Crippen LogP) is 2.77. The molecule has 122 valence electrons. The van der Waals surface area contributed by atoms with Gasteiger partial charge in [-0.2, -0.15) is 0 Å². The second-order valence-electron chi connectivity index (χ2n) is 5.19. The summed E-state index contributed by atoms with van der Waals surface area (Å²) in [6.45, 7) is 0. The van der Waals surface area contributed by atoms with E-state index in [1.165, 1.54) is 0 Å². The molecule has 0 spiro atoms. The van der Waals surface area contributed by atoms with Crippen LogP contribution >= 0.6 is 0 Å². The van der Waals surface area contributed by atoms with Crippen molar-refractivity contribution in [3.8, 4) is 11.5 Å². The van der Waals surface area contributed by atoms with E-state index in [-0.39, 0.29) is 12.5 Å². The van der Waals surface area contributed by atoms with Gasteiger partial charge in [0.05, 0.1) is 20.3 Å². The molecule has 0 heterocycles. The lowest BCUT2D eigenvalue weighted by Crippen LogP contribution is -2.15. The van der Waals surface area contributed by atoms with Gasteiger partial charge in [-0.1, -0.05) is 30.3 Å². The van der Waals surface area contributed by atoms with Gasteiger partial charge in [-0.05, 0) is 35.2 Å². The molecule has 5 nitrogen and oxygen atoms in total. The van der Waals surface area contributed by atoms with E-state index in [0.717, 1.165) is 16.7 Å². The summed E-state index contributed by atoms with van der Waals surface area (Å²) in [5.74, 6) is 0.295. The van der Waals surface area contributed by atoms with Gasteiger partial charge in [0.1, 0.15) is 0 Å². The summed E-state index contributed by atoms with van der Waals surface area (Å²) in [6, 6.07) is 12.9. The molecule has 0 radical (unpaired) electrons. The van der Waals surface area contributed by atoms with Gasteiger partial charge in [0, 0.05) is 6.42 Å². The molecule has 0 fully saturated rings. The number of methoxy groups -OCH3 is 2. The van der Waals surface area contributed by atoms with Crippen molar-refractivity contribution in [2.75, 3.05) is 14.2 Å². The summed E-state index contributed by atoms with van der Waals surface area (Å²) in [4.78, 5) is 10.9. The molecule has 0 bridgehead atoms. The molecule has 0 saturated carbocycles. The Morgan fingerprint density at radius 3 is 2.30 bits per heavy atom. The SMILES string of the molecule is COc1cc(CCC(=O)O)c(C(N)c2ccccc2)cc1OC. The summed E-state index contributed by atoms with van der Waals surface area (Å²) >= 11 is 0. The van der Waals surface area contributed by atoms with Crippen molar-refractivity contribution in [2.24, 2.45) is 5.73 Å². The van der Waals surface area contributed by atoms with Crippen molar-refractivity contribution in [3.63, 3.8) is 0 Å². The number of rotatable bonds is 7. The number of benzene rings is 2. The minimum atomic E-state index is -0.848. The lowest BCUT2D eigenvalue weighted by Gasteiger charge is -2.20. The molecule has 23 heavy (non-hydrogen) atoms. The number of carboxylic acids is 1. The zero-order valence-electron chi connectivity index (χ0n) is 13.3. The summed E-state index contributed by atoms with van der Waals surface area (Å²) < 4.78 is 10.7. The fourth-order valence-corrected chi connectivity index (χ4v) is 2.52. The van der Waals surface area contributed by atoms with Crippen LogP contribution in [0.3, 0.4) is 0 Å². The van der Waals surface area contributed by atoms with E-state index in [1.54, 1.807) is 20.3 Å². The average Bonchev–Trinajstić information content (AvgIpc) is 2.59. The Morgan fingerprint density at radius 2 is 1.74 bits per heavy atom. The van der Waals surface area contributed by atoms with Crippen molar-refractivity contribution in [2.45, 2.75) is 18.9 Å². The van der Waals surface area contributed by atoms with E-state index in [9.17, 15) is 4.79 Å². The van der Waals surface area contributed by atoms with Gasteiger partial charge in [0.2, 0.25) is 0 Å². The Balaban J connectivity index is 2.47. The summed E-state index contributed by atoms with van der Waals surface area (Å²) in [5, 5.41) is 8.96.